The second-order valence-corrected chi connectivity index (χ2v) is 6.25. The van der Waals surface area contributed by atoms with Crippen LogP contribution in [0.3, 0.4) is 0 Å². The third kappa shape index (κ3) is 7.51. The third-order valence-electron chi connectivity index (χ3n) is 3.35. The lowest BCUT2D eigenvalue weighted by atomic mass is 9.98. The zero-order valence-electron chi connectivity index (χ0n) is 16.3. The zero-order valence-corrected chi connectivity index (χ0v) is 16.3. The summed E-state index contributed by atoms with van der Waals surface area (Å²) in [6, 6.07) is 0. The van der Waals surface area contributed by atoms with Crippen molar-refractivity contribution in [1.29, 1.82) is 0 Å². The predicted octanol–water partition coefficient (Wildman–Crippen LogP) is 0.495. The van der Waals surface area contributed by atoms with Crippen LogP contribution in [0.2, 0.25) is 0 Å². The summed E-state index contributed by atoms with van der Waals surface area (Å²) < 4.78 is 32.1. The summed E-state index contributed by atoms with van der Waals surface area (Å²) in [6.45, 7) is 7.87. The Kier molecular flexibility index (Phi) is 8.64. The molecule has 1 aliphatic heterocycles. The van der Waals surface area contributed by atoms with E-state index in [2.05, 4.69) is 0 Å². The van der Waals surface area contributed by atoms with Crippen molar-refractivity contribution in [1.82, 2.24) is 0 Å². The van der Waals surface area contributed by atoms with Crippen LogP contribution in [0.5, 0.6) is 0 Å². The van der Waals surface area contributed by atoms with Gasteiger partial charge < -0.3 is 28.4 Å². The molecule has 0 amide bonds. The van der Waals surface area contributed by atoms with Crippen LogP contribution in [0, 0.1) is 0 Å². The Morgan fingerprint density at radius 2 is 1.26 bits per heavy atom. The number of rotatable bonds is 7. The van der Waals surface area contributed by atoms with Crippen LogP contribution in [0.4, 0.5) is 0 Å². The first kappa shape index (κ1) is 22.8. The molecule has 0 aliphatic carbocycles. The number of carbonyl (C=O) groups is 4. The summed E-state index contributed by atoms with van der Waals surface area (Å²) in [5, 5.41) is 0. The van der Waals surface area contributed by atoms with Crippen molar-refractivity contribution in [3.63, 3.8) is 0 Å². The number of ether oxygens (including phenoxy) is 6. The lowest BCUT2D eigenvalue weighted by Crippen LogP contribution is -2.63. The van der Waals surface area contributed by atoms with E-state index < -0.39 is 54.6 Å². The van der Waals surface area contributed by atoms with E-state index >= 15 is 0 Å². The number of carbonyl (C=O) groups excluding carboxylic acids is 4. The van der Waals surface area contributed by atoms with Crippen LogP contribution in [0.1, 0.15) is 41.5 Å². The van der Waals surface area contributed by atoms with Crippen molar-refractivity contribution >= 4 is 23.9 Å². The van der Waals surface area contributed by atoms with Gasteiger partial charge in [-0.05, 0) is 13.8 Å². The van der Waals surface area contributed by atoms with Crippen LogP contribution in [0.25, 0.3) is 0 Å². The molecule has 27 heavy (non-hydrogen) atoms. The molecule has 154 valence electrons. The fourth-order valence-corrected chi connectivity index (χ4v) is 2.57. The minimum Gasteiger partial charge on any atom is -0.463 e. The lowest BCUT2D eigenvalue weighted by Gasteiger charge is -2.44. The van der Waals surface area contributed by atoms with Gasteiger partial charge in [0.25, 0.3) is 0 Å². The van der Waals surface area contributed by atoms with E-state index in [1.807, 2.05) is 0 Å². The summed E-state index contributed by atoms with van der Waals surface area (Å²) in [4.78, 5) is 45.9. The molecule has 1 saturated heterocycles. The quantitative estimate of drug-likeness (QED) is 0.448. The maximum Gasteiger partial charge on any atom is 0.303 e. The average Bonchev–Trinajstić information content (AvgIpc) is 2.49. The maximum atomic E-state index is 11.6. The minimum atomic E-state index is -1.21. The summed E-state index contributed by atoms with van der Waals surface area (Å²) >= 11 is 0. The van der Waals surface area contributed by atoms with Crippen LogP contribution in [-0.2, 0) is 47.6 Å². The molecule has 1 rings (SSSR count). The molecule has 0 N–H and O–H groups in total. The van der Waals surface area contributed by atoms with E-state index in [9.17, 15) is 19.2 Å². The molecule has 0 aromatic rings. The molecule has 5 atom stereocenters. The van der Waals surface area contributed by atoms with E-state index in [-0.39, 0.29) is 12.7 Å². The molecular formula is C17H26O10. The van der Waals surface area contributed by atoms with Gasteiger partial charge in [-0.2, -0.15) is 0 Å². The van der Waals surface area contributed by atoms with Gasteiger partial charge in [-0.15, -0.1) is 0 Å². The summed E-state index contributed by atoms with van der Waals surface area (Å²) in [5.74, 6) is -2.62. The molecule has 10 nitrogen and oxygen atoms in total. The number of esters is 4. The number of hydrogen-bond donors (Lipinski definition) is 0. The molecule has 1 aliphatic rings. The van der Waals surface area contributed by atoms with Crippen LogP contribution in [-0.4, -0.2) is 67.3 Å². The predicted molar refractivity (Wildman–Crippen MR) is 88.2 cm³/mol. The van der Waals surface area contributed by atoms with Crippen molar-refractivity contribution < 1.29 is 47.6 Å². The first-order chi connectivity index (χ1) is 12.5. The largest absolute Gasteiger partial charge is 0.463 e. The van der Waals surface area contributed by atoms with Gasteiger partial charge in [0.1, 0.15) is 12.7 Å². The first-order valence-corrected chi connectivity index (χ1v) is 8.47. The molecule has 0 radical (unpaired) electrons. The normalized spacial score (nSPS) is 27.6. The Morgan fingerprint density at radius 3 is 1.70 bits per heavy atom. The summed E-state index contributed by atoms with van der Waals surface area (Å²) in [7, 11) is 0. The molecule has 0 aromatic carbocycles. The molecule has 10 heteroatoms. The molecule has 1 fully saturated rings. The van der Waals surface area contributed by atoms with E-state index in [0.717, 1.165) is 13.8 Å². The molecule has 1 heterocycles. The third-order valence-corrected chi connectivity index (χ3v) is 3.35. The first-order valence-electron chi connectivity index (χ1n) is 8.47. The Balaban J connectivity index is 3.27. The molecule has 0 unspecified atom stereocenters. The van der Waals surface area contributed by atoms with Crippen molar-refractivity contribution in [2.45, 2.75) is 78.4 Å². The van der Waals surface area contributed by atoms with Gasteiger partial charge in [0, 0.05) is 27.7 Å². The molecule has 0 saturated carbocycles. The summed E-state index contributed by atoms with van der Waals surface area (Å²) in [6.07, 6.45) is -6.05. The second-order valence-electron chi connectivity index (χ2n) is 6.25. The Labute approximate surface area is 157 Å². The highest BCUT2D eigenvalue weighted by Crippen LogP contribution is 2.30. The Morgan fingerprint density at radius 1 is 0.778 bits per heavy atom. The fourth-order valence-electron chi connectivity index (χ4n) is 2.57. The molecular weight excluding hydrogens is 364 g/mol. The molecule has 0 aromatic heterocycles. The van der Waals surface area contributed by atoms with Gasteiger partial charge >= 0.3 is 23.9 Å². The average molecular weight is 390 g/mol. The van der Waals surface area contributed by atoms with Gasteiger partial charge in [-0.1, -0.05) is 0 Å². The van der Waals surface area contributed by atoms with Crippen molar-refractivity contribution in [2.24, 2.45) is 0 Å². The second kappa shape index (κ2) is 10.2. The van der Waals surface area contributed by atoms with E-state index in [1.54, 1.807) is 13.8 Å². The van der Waals surface area contributed by atoms with Gasteiger partial charge in [0.15, 0.2) is 24.6 Å². The minimum absolute atomic E-state index is 0.282. The smallest absolute Gasteiger partial charge is 0.303 e. The van der Waals surface area contributed by atoms with Crippen LogP contribution < -0.4 is 0 Å². The highest BCUT2D eigenvalue weighted by molar-refractivity contribution is 5.68. The Bertz CT molecular complexity index is 558. The van der Waals surface area contributed by atoms with Crippen molar-refractivity contribution in [3.8, 4) is 0 Å². The standard InChI is InChI=1S/C17H26O10/c1-8(2)23-17-16(26-12(6)21)15(25-11(5)20)14(24-10(4)19)13(27-17)7-22-9(3)18/h8,13-17H,7H2,1-6H3/t13-,14-,15+,16-,17-/m1/s1. The Hall–Kier alpha value is -2.20. The monoisotopic (exact) mass is 390 g/mol. The fraction of sp³-hybridized carbons (Fsp3) is 0.765. The maximum absolute atomic E-state index is 11.6. The van der Waals surface area contributed by atoms with E-state index in [1.165, 1.54) is 13.8 Å². The highest BCUT2D eigenvalue weighted by atomic mass is 16.7. The van der Waals surface area contributed by atoms with Gasteiger partial charge in [-0.3, -0.25) is 19.2 Å². The molecule has 0 spiro atoms. The van der Waals surface area contributed by atoms with E-state index in [0.29, 0.717) is 0 Å². The van der Waals surface area contributed by atoms with Crippen molar-refractivity contribution in [2.75, 3.05) is 6.61 Å². The highest BCUT2D eigenvalue weighted by Gasteiger charge is 2.52. The SMILES string of the molecule is CC(=O)OC[C@H]1O[C@@H](OC(C)C)[C@H](OC(C)=O)[C@@H](OC(C)=O)[C@@H]1OC(C)=O. The zero-order chi connectivity index (χ0) is 20.7. The topological polar surface area (TPSA) is 124 Å². The number of hydrogen-bond acceptors (Lipinski definition) is 10. The lowest BCUT2D eigenvalue weighted by molar-refractivity contribution is -0.314. The molecule has 0 bridgehead atoms. The van der Waals surface area contributed by atoms with Gasteiger partial charge in [0.05, 0.1) is 6.10 Å². The van der Waals surface area contributed by atoms with Gasteiger partial charge in [-0.25, -0.2) is 0 Å². The van der Waals surface area contributed by atoms with Crippen molar-refractivity contribution in [3.05, 3.63) is 0 Å². The van der Waals surface area contributed by atoms with E-state index in [4.69, 9.17) is 28.4 Å². The summed E-state index contributed by atoms with van der Waals surface area (Å²) in [5.41, 5.74) is 0. The van der Waals surface area contributed by atoms with Gasteiger partial charge in [0.2, 0.25) is 0 Å². The van der Waals surface area contributed by atoms with Crippen LogP contribution >= 0.6 is 0 Å². The van der Waals surface area contributed by atoms with Crippen LogP contribution in [0.15, 0.2) is 0 Å².